The highest BCUT2D eigenvalue weighted by Crippen LogP contribution is 1.98. The zero-order valence-electron chi connectivity index (χ0n) is 10.1. The van der Waals surface area contributed by atoms with E-state index >= 15 is 0 Å². The molecule has 6 nitrogen and oxygen atoms in total. The van der Waals surface area contributed by atoms with Crippen molar-refractivity contribution in [2.24, 2.45) is 5.92 Å². The maximum Gasteiger partial charge on any atom is 0.350 e. The van der Waals surface area contributed by atoms with Crippen LogP contribution in [0.1, 0.15) is 13.8 Å². The van der Waals surface area contributed by atoms with Crippen molar-refractivity contribution in [3.8, 4) is 0 Å². The van der Waals surface area contributed by atoms with Gasteiger partial charge in [-0.05, 0) is 19.0 Å². The number of nitrogens with one attached hydrogen (secondary N) is 1. The Bertz CT molecular complexity index is 544. The molecule has 1 N–H and O–H groups in total. The highest BCUT2D eigenvalue weighted by atomic mass is 16.2. The van der Waals surface area contributed by atoms with Crippen LogP contribution in [0.5, 0.6) is 0 Å². The summed E-state index contributed by atoms with van der Waals surface area (Å²) in [5.74, 6) is 0.366. The van der Waals surface area contributed by atoms with Crippen molar-refractivity contribution in [3.05, 3.63) is 29.1 Å². The van der Waals surface area contributed by atoms with Crippen LogP contribution in [-0.2, 0) is 6.54 Å². The minimum atomic E-state index is -0.106. The third-order valence-corrected chi connectivity index (χ3v) is 2.62. The van der Waals surface area contributed by atoms with Crippen LogP contribution in [0.25, 0.3) is 5.65 Å². The summed E-state index contributed by atoms with van der Waals surface area (Å²) < 4.78 is 3.01. The smallest absolute Gasteiger partial charge is 0.317 e. The topological polar surface area (TPSA) is 64.2 Å². The minimum absolute atomic E-state index is 0.106. The predicted molar refractivity (Wildman–Crippen MR) is 65.0 cm³/mol. The first-order chi connectivity index (χ1) is 8.22. The van der Waals surface area contributed by atoms with Gasteiger partial charge in [-0.2, -0.15) is 0 Å². The van der Waals surface area contributed by atoms with Gasteiger partial charge in [0.2, 0.25) is 0 Å². The molecule has 0 fully saturated rings. The van der Waals surface area contributed by atoms with Crippen LogP contribution >= 0.6 is 0 Å². The van der Waals surface area contributed by atoms with Crippen LogP contribution in [-0.4, -0.2) is 32.3 Å². The standard InChI is InChI=1S/C11H17N5O/c1-3-12-6-9(2)8-16-11(17)15-5-4-13-7-10(15)14-16/h4-5,7,9,12H,3,6,8H2,1-2H3. The second kappa shape index (κ2) is 5.09. The Morgan fingerprint density at radius 1 is 1.53 bits per heavy atom. The van der Waals surface area contributed by atoms with Crippen LogP contribution in [0.3, 0.4) is 0 Å². The predicted octanol–water partition coefficient (Wildman–Crippen LogP) is 0.137. The van der Waals surface area contributed by atoms with E-state index in [1.165, 1.54) is 9.08 Å². The summed E-state index contributed by atoms with van der Waals surface area (Å²) in [6.07, 6.45) is 4.81. The van der Waals surface area contributed by atoms with Gasteiger partial charge in [-0.1, -0.05) is 13.8 Å². The molecule has 0 aliphatic heterocycles. The Balaban J connectivity index is 2.19. The number of hydrogen-bond acceptors (Lipinski definition) is 4. The van der Waals surface area contributed by atoms with Gasteiger partial charge in [-0.25, -0.2) is 13.9 Å². The largest absolute Gasteiger partial charge is 0.350 e. The normalized spacial score (nSPS) is 13.1. The lowest BCUT2D eigenvalue weighted by Crippen LogP contribution is -2.29. The van der Waals surface area contributed by atoms with Crippen LogP contribution in [0.4, 0.5) is 0 Å². The molecule has 2 aromatic rings. The Morgan fingerprint density at radius 3 is 3.06 bits per heavy atom. The summed E-state index contributed by atoms with van der Waals surface area (Å²) in [5, 5.41) is 7.50. The molecule has 17 heavy (non-hydrogen) atoms. The summed E-state index contributed by atoms with van der Waals surface area (Å²) in [6.45, 7) is 6.60. The molecule has 2 aromatic heterocycles. The highest BCUT2D eigenvalue weighted by molar-refractivity contribution is 5.31. The van der Waals surface area contributed by atoms with Gasteiger partial charge in [0, 0.05) is 12.4 Å². The molecule has 0 amide bonds. The van der Waals surface area contributed by atoms with Gasteiger partial charge >= 0.3 is 5.69 Å². The molecular formula is C11H17N5O. The van der Waals surface area contributed by atoms with Crippen LogP contribution in [0.2, 0.25) is 0 Å². The SMILES string of the molecule is CCNCC(C)Cn1nc2cnccn2c1=O. The first-order valence-corrected chi connectivity index (χ1v) is 5.82. The lowest BCUT2D eigenvalue weighted by atomic mass is 10.2. The van der Waals surface area contributed by atoms with Gasteiger partial charge < -0.3 is 5.32 Å². The quantitative estimate of drug-likeness (QED) is 0.800. The third-order valence-electron chi connectivity index (χ3n) is 2.62. The van der Waals surface area contributed by atoms with E-state index in [0.717, 1.165) is 13.1 Å². The van der Waals surface area contributed by atoms with Gasteiger partial charge in [0.15, 0.2) is 5.65 Å². The maximum absolute atomic E-state index is 12.0. The van der Waals surface area contributed by atoms with Gasteiger partial charge in [0.05, 0.1) is 12.7 Å². The number of hydrogen-bond donors (Lipinski definition) is 1. The molecule has 0 saturated heterocycles. The first kappa shape index (κ1) is 11.8. The van der Waals surface area contributed by atoms with Crippen molar-refractivity contribution in [2.75, 3.05) is 13.1 Å². The summed E-state index contributed by atoms with van der Waals surface area (Å²) in [7, 11) is 0. The second-order valence-corrected chi connectivity index (χ2v) is 4.18. The molecular weight excluding hydrogens is 218 g/mol. The summed E-state index contributed by atoms with van der Waals surface area (Å²) in [6, 6.07) is 0. The fourth-order valence-electron chi connectivity index (χ4n) is 1.75. The Hall–Kier alpha value is -1.69. The first-order valence-electron chi connectivity index (χ1n) is 5.82. The average molecular weight is 235 g/mol. The number of rotatable bonds is 5. The van der Waals surface area contributed by atoms with E-state index in [9.17, 15) is 4.79 Å². The molecule has 1 unspecified atom stereocenters. The van der Waals surface area contributed by atoms with Crippen molar-refractivity contribution < 1.29 is 0 Å². The van der Waals surface area contributed by atoms with Crippen molar-refractivity contribution in [2.45, 2.75) is 20.4 Å². The van der Waals surface area contributed by atoms with Crippen LogP contribution in [0, 0.1) is 5.92 Å². The van der Waals surface area contributed by atoms with Crippen molar-refractivity contribution >= 4 is 5.65 Å². The third kappa shape index (κ3) is 2.52. The second-order valence-electron chi connectivity index (χ2n) is 4.18. The van der Waals surface area contributed by atoms with Crippen molar-refractivity contribution in [1.82, 2.24) is 24.5 Å². The minimum Gasteiger partial charge on any atom is -0.317 e. The number of nitrogens with zero attached hydrogens (tertiary/aromatic N) is 4. The zero-order valence-corrected chi connectivity index (χ0v) is 10.1. The molecule has 0 aromatic carbocycles. The Labute approximate surface area is 99.3 Å². The van der Waals surface area contributed by atoms with E-state index < -0.39 is 0 Å². The van der Waals surface area contributed by atoms with E-state index in [4.69, 9.17) is 0 Å². The van der Waals surface area contributed by atoms with Crippen LogP contribution in [0.15, 0.2) is 23.4 Å². The van der Waals surface area contributed by atoms with Gasteiger partial charge in [0.25, 0.3) is 0 Å². The van der Waals surface area contributed by atoms with Crippen molar-refractivity contribution in [1.29, 1.82) is 0 Å². The van der Waals surface area contributed by atoms with Crippen LogP contribution < -0.4 is 11.0 Å². The van der Waals surface area contributed by atoms with E-state index in [1.807, 2.05) is 0 Å². The fourth-order valence-corrected chi connectivity index (χ4v) is 1.75. The zero-order chi connectivity index (χ0) is 12.3. The number of aromatic nitrogens is 4. The molecule has 1 atom stereocenters. The molecule has 0 aliphatic rings. The molecule has 0 spiro atoms. The Morgan fingerprint density at radius 2 is 2.35 bits per heavy atom. The molecule has 92 valence electrons. The fraction of sp³-hybridized carbons (Fsp3) is 0.545. The molecule has 0 bridgehead atoms. The monoisotopic (exact) mass is 235 g/mol. The van der Waals surface area contributed by atoms with Crippen molar-refractivity contribution in [3.63, 3.8) is 0 Å². The van der Waals surface area contributed by atoms with E-state index in [0.29, 0.717) is 18.1 Å². The molecule has 0 saturated carbocycles. The molecule has 0 radical (unpaired) electrons. The van der Waals surface area contributed by atoms with E-state index in [2.05, 4.69) is 29.2 Å². The Kier molecular flexibility index (Phi) is 3.53. The summed E-state index contributed by atoms with van der Waals surface area (Å²) >= 11 is 0. The van der Waals surface area contributed by atoms with E-state index in [1.54, 1.807) is 18.6 Å². The summed E-state index contributed by atoms with van der Waals surface area (Å²) in [5.41, 5.74) is 0.485. The van der Waals surface area contributed by atoms with Gasteiger partial charge in [-0.3, -0.25) is 4.98 Å². The van der Waals surface area contributed by atoms with E-state index in [-0.39, 0.29) is 5.69 Å². The summed E-state index contributed by atoms with van der Waals surface area (Å²) in [4.78, 5) is 15.9. The molecule has 2 heterocycles. The molecule has 0 aliphatic carbocycles. The van der Waals surface area contributed by atoms with Gasteiger partial charge in [-0.15, -0.1) is 5.10 Å². The lowest BCUT2D eigenvalue weighted by molar-refractivity contribution is 0.419. The molecule has 2 rings (SSSR count). The lowest BCUT2D eigenvalue weighted by Gasteiger charge is -2.10. The molecule has 6 heteroatoms. The van der Waals surface area contributed by atoms with Gasteiger partial charge in [0.1, 0.15) is 0 Å². The highest BCUT2D eigenvalue weighted by Gasteiger charge is 2.09. The maximum atomic E-state index is 12.0. The average Bonchev–Trinajstić information content (AvgIpc) is 2.64. The number of fused-ring (bicyclic) bond motifs is 1.